The van der Waals surface area contributed by atoms with Crippen LogP contribution in [0.15, 0.2) is 18.3 Å². The molecule has 1 unspecified atom stereocenters. The van der Waals surface area contributed by atoms with Gasteiger partial charge in [0.05, 0.1) is 44.7 Å². The lowest BCUT2D eigenvalue weighted by molar-refractivity contribution is 0.0357. The average Bonchev–Trinajstić information content (AvgIpc) is 2.82. The molecule has 9 nitrogen and oxygen atoms in total. The fourth-order valence-corrected chi connectivity index (χ4v) is 4.29. The number of fused-ring (bicyclic) bond motifs is 1. The first-order valence-electron chi connectivity index (χ1n) is 10.9. The molecule has 2 fully saturated rings. The second-order valence-corrected chi connectivity index (χ2v) is 7.89. The Kier molecular flexibility index (Phi) is 7.23. The summed E-state index contributed by atoms with van der Waals surface area (Å²) in [5, 5.41) is 13.3. The molecule has 2 aliphatic heterocycles. The van der Waals surface area contributed by atoms with Crippen LogP contribution in [-0.4, -0.2) is 92.2 Å². The highest BCUT2D eigenvalue weighted by Crippen LogP contribution is 2.37. The van der Waals surface area contributed by atoms with E-state index in [4.69, 9.17) is 14.2 Å². The molecule has 32 heavy (non-hydrogen) atoms. The van der Waals surface area contributed by atoms with Crippen LogP contribution in [0.2, 0.25) is 0 Å². The number of pyridine rings is 1. The molecule has 4 rings (SSSR count). The molecule has 174 valence electrons. The highest BCUT2D eigenvalue weighted by molar-refractivity contribution is 5.86. The van der Waals surface area contributed by atoms with E-state index in [1.807, 2.05) is 0 Å². The normalized spacial score (nSPS) is 19.8. The van der Waals surface area contributed by atoms with E-state index in [0.29, 0.717) is 47.7 Å². The Morgan fingerprint density at radius 1 is 1.31 bits per heavy atom. The van der Waals surface area contributed by atoms with Crippen molar-refractivity contribution in [1.82, 2.24) is 20.1 Å². The zero-order valence-corrected chi connectivity index (χ0v) is 18.2. The Bertz CT molecular complexity index is 954. The third kappa shape index (κ3) is 4.87. The Balaban J connectivity index is 1.56. The molecule has 3 heterocycles. The molecule has 10 heteroatoms. The fraction of sp³-hybridized carbons (Fsp3) is 0.545. The fourth-order valence-electron chi connectivity index (χ4n) is 4.29. The van der Waals surface area contributed by atoms with E-state index < -0.39 is 18.0 Å². The molecular weight excluding hydrogens is 419 g/mol. The van der Waals surface area contributed by atoms with Gasteiger partial charge >= 0.3 is 6.09 Å². The van der Waals surface area contributed by atoms with Gasteiger partial charge in [0.1, 0.15) is 5.82 Å². The SMILES string of the molecule is COc1cc2c(C3CNCCN3C(=O)O)c(F)cnc2cc1OCCCN1CCOCC1. The van der Waals surface area contributed by atoms with Gasteiger partial charge in [-0.25, -0.2) is 9.18 Å². The minimum Gasteiger partial charge on any atom is -0.493 e. The number of ether oxygens (including phenoxy) is 3. The molecule has 1 atom stereocenters. The van der Waals surface area contributed by atoms with Gasteiger partial charge in [0, 0.05) is 56.3 Å². The van der Waals surface area contributed by atoms with E-state index in [0.717, 1.165) is 45.5 Å². The lowest BCUT2D eigenvalue weighted by atomic mass is 9.98. The number of hydrogen-bond donors (Lipinski definition) is 2. The number of hydrogen-bond acceptors (Lipinski definition) is 7. The molecule has 0 saturated carbocycles. The van der Waals surface area contributed by atoms with Crippen LogP contribution in [0.5, 0.6) is 11.5 Å². The highest BCUT2D eigenvalue weighted by Gasteiger charge is 2.31. The third-order valence-electron chi connectivity index (χ3n) is 5.95. The van der Waals surface area contributed by atoms with Crippen LogP contribution in [0.3, 0.4) is 0 Å². The van der Waals surface area contributed by atoms with Gasteiger partial charge < -0.3 is 24.6 Å². The van der Waals surface area contributed by atoms with Gasteiger partial charge in [-0.2, -0.15) is 0 Å². The number of piperazine rings is 1. The minimum absolute atomic E-state index is 0.282. The summed E-state index contributed by atoms with van der Waals surface area (Å²) in [4.78, 5) is 19.6. The summed E-state index contributed by atoms with van der Waals surface area (Å²) in [5.74, 6) is 0.450. The predicted octanol–water partition coefficient (Wildman–Crippen LogP) is 2.11. The van der Waals surface area contributed by atoms with Crippen LogP contribution in [0.25, 0.3) is 10.9 Å². The van der Waals surface area contributed by atoms with Crippen LogP contribution < -0.4 is 14.8 Å². The van der Waals surface area contributed by atoms with Gasteiger partial charge in [0.2, 0.25) is 0 Å². The predicted molar refractivity (Wildman–Crippen MR) is 116 cm³/mol. The molecule has 0 aliphatic carbocycles. The van der Waals surface area contributed by atoms with Crippen LogP contribution in [-0.2, 0) is 4.74 Å². The molecule has 0 spiro atoms. The van der Waals surface area contributed by atoms with Crippen LogP contribution in [0.4, 0.5) is 9.18 Å². The number of amides is 1. The van der Waals surface area contributed by atoms with Gasteiger partial charge in [-0.3, -0.25) is 14.8 Å². The lowest BCUT2D eigenvalue weighted by Crippen LogP contribution is -2.48. The molecule has 2 N–H and O–H groups in total. The van der Waals surface area contributed by atoms with E-state index in [2.05, 4.69) is 15.2 Å². The number of carboxylic acid groups (broad SMARTS) is 1. The Morgan fingerprint density at radius 3 is 2.88 bits per heavy atom. The number of nitrogens with one attached hydrogen (secondary N) is 1. The number of nitrogens with zero attached hydrogens (tertiary/aromatic N) is 3. The minimum atomic E-state index is -1.08. The van der Waals surface area contributed by atoms with Gasteiger partial charge in [0.15, 0.2) is 11.5 Å². The van der Waals surface area contributed by atoms with E-state index in [-0.39, 0.29) is 6.54 Å². The number of benzene rings is 1. The van der Waals surface area contributed by atoms with Gasteiger partial charge in [-0.05, 0) is 12.5 Å². The maximum atomic E-state index is 14.9. The van der Waals surface area contributed by atoms with Crippen molar-refractivity contribution in [3.05, 3.63) is 29.7 Å². The number of carbonyl (C=O) groups is 1. The topological polar surface area (TPSA) is 96.4 Å². The van der Waals surface area contributed by atoms with Crippen molar-refractivity contribution in [1.29, 1.82) is 0 Å². The standard InChI is InChI=1S/C22H29FN4O5/c1-30-19-11-15-17(12-20(19)32-8-2-4-26-6-9-31-10-7-26)25-13-16(23)21(15)18-14-24-3-5-27(18)22(28)29/h11-13,18,24H,2-10,14H2,1H3,(H,28,29). The molecule has 2 saturated heterocycles. The average molecular weight is 448 g/mol. The van der Waals surface area contributed by atoms with Crippen molar-refractivity contribution < 1.29 is 28.5 Å². The first-order valence-corrected chi connectivity index (χ1v) is 10.9. The number of morpholine rings is 1. The van der Waals surface area contributed by atoms with Crippen molar-refractivity contribution in [2.75, 3.05) is 66.2 Å². The number of halogens is 1. The molecule has 2 aromatic rings. The molecule has 0 bridgehead atoms. The summed E-state index contributed by atoms with van der Waals surface area (Å²) >= 11 is 0. The summed E-state index contributed by atoms with van der Waals surface area (Å²) in [6, 6.07) is 2.76. The second kappa shape index (κ2) is 10.3. The molecule has 1 aromatic heterocycles. The molecular formula is C22H29FN4O5. The summed E-state index contributed by atoms with van der Waals surface area (Å²) in [7, 11) is 1.53. The number of aromatic nitrogens is 1. The second-order valence-electron chi connectivity index (χ2n) is 7.89. The molecule has 1 amide bonds. The van der Waals surface area contributed by atoms with Crippen LogP contribution in [0, 0.1) is 5.82 Å². The maximum Gasteiger partial charge on any atom is 0.407 e. The first-order chi connectivity index (χ1) is 15.6. The van der Waals surface area contributed by atoms with Crippen LogP contribution in [0.1, 0.15) is 18.0 Å². The van der Waals surface area contributed by atoms with Crippen molar-refractivity contribution in [3.8, 4) is 11.5 Å². The monoisotopic (exact) mass is 448 g/mol. The third-order valence-corrected chi connectivity index (χ3v) is 5.95. The summed E-state index contributed by atoms with van der Waals surface area (Å²) < 4.78 is 31.8. The Labute approximate surface area is 186 Å². The van der Waals surface area contributed by atoms with E-state index in [9.17, 15) is 14.3 Å². The van der Waals surface area contributed by atoms with Crippen molar-refractivity contribution >= 4 is 17.0 Å². The van der Waals surface area contributed by atoms with E-state index in [1.54, 1.807) is 12.1 Å². The smallest absolute Gasteiger partial charge is 0.407 e. The Hall–Kier alpha value is -2.69. The van der Waals surface area contributed by atoms with E-state index >= 15 is 0 Å². The van der Waals surface area contributed by atoms with Crippen molar-refractivity contribution in [3.63, 3.8) is 0 Å². The quantitative estimate of drug-likeness (QED) is 0.622. The van der Waals surface area contributed by atoms with Gasteiger partial charge in [0.25, 0.3) is 0 Å². The number of methoxy groups -OCH3 is 1. The molecule has 2 aliphatic rings. The summed E-state index contributed by atoms with van der Waals surface area (Å²) in [5.41, 5.74) is 0.822. The van der Waals surface area contributed by atoms with Gasteiger partial charge in [-0.15, -0.1) is 0 Å². The number of rotatable bonds is 7. The van der Waals surface area contributed by atoms with Crippen molar-refractivity contribution in [2.45, 2.75) is 12.5 Å². The molecule has 0 radical (unpaired) electrons. The first kappa shape index (κ1) is 22.5. The summed E-state index contributed by atoms with van der Waals surface area (Å²) in [6.45, 7) is 5.95. The molecule has 1 aromatic carbocycles. The zero-order chi connectivity index (χ0) is 22.5. The highest BCUT2D eigenvalue weighted by atomic mass is 19.1. The lowest BCUT2D eigenvalue weighted by Gasteiger charge is -2.35. The Morgan fingerprint density at radius 2 is 2.12 bits per heavy atom. The zero-order valence-electron chi connectivity index (χ0n) is 18.2. The summed E-state index contributed by atoms with van der Waals surface area (Å²) in [6.07, 6.45) is 0.916. The van der Waals surface area contributed by atoms with Crippen LogP contribution >= 0.6 is 0 Å². The van der Waals surface area contributed by atoms with E-state index in [1.165, 1.54) is 12.0 Å². The largest absolute Gasteiger partial charge is 0.493 e. The van der Waals surface area contributed by atoms with Gasteiger partial charge in [-0.1, -0.05) is 0 Å². The van der Waals surface area contributed by atoms with Crippen molar-refractivity contribution in [2.24, 2.45) is 0 Å². The maximum absolute atomic E-state index is 14.9.